The van der Waals surface area contributed by atoms with Crippen LogP contribution in [0.2, 0.25) is 10.0 Å². The molecular weight excluding hydrogens is 513 g/mol. The number of halogens is 8. The largest absolute Gasteiger partial charge is 0.465 e. The van der Waals surface area contributed by atoms with Gasteiger partial charge in [0.15, 0.2) is 0 Å². The molecule has 2 N–H and O–H groups in total. The Bertz CT molecular complexity index is 1070. The van der Waals surface area contributed by atoms with Crippen molar-refractivity contribution in [3.63, 3.8) is 0 Å². The lowest BCUT2D eigenvalue weighted by molar-refractivity contribution is -0.143. The quantitative estimate of drug-likeness (QED) is 0.459. The average molecular weight is 529 g/mol. The summed E-state index contributed by atoms with van der Waals surface area (Å²) in [7, 11) is 0. The fraction of sp³-hybridized carbons (Fsp3) is 0.333. The summed E-state index contributed by atoms with van der Waals surface area (Å²) in [4.78, 5) is 25.3. The van der Waals surface area contributed by atoms with E-state index >= 15 is 0 Å². The highest BCUT2D eigenvalue weighted by atomic mass is 35.5. The fourth-order valence-corrected chi connectivity index (χ4v) is 4.02. The van der Waals surface area contributed by atoms with Crippen molar-refractivity contribution in [2.45, 2.75) is 30.7 Å². The van der Waals surface area contributed by atoms with Crippen LogP contribution in [0.25, 0.3) is 0 Å². The number of piperidine rings is 1. The highest BCUT2D eigenvalue weighted by molar-refractivity contribution is 6.42. The second-order valence-corrected chi connectivity index (χ2v) is 8.49. The molecule has 2 atom stereocenters. The molecule has 1 saturated heterocycles. The molecule has 2 aromatic rings. The summed E-state index contributed by atoms with van der Waals surface area (Å²) in [5, 5.41) is 12.2. The molecule has 2 amide bonds. The minimum absolute atomic E-state index is 0.00546. The number of rotatable bonds is 3. The maximum Gasteiger partial charge on any atom is 0.416 e. The summed E-state index contributed by atoms with van der Waals surface area (Å²) in [6, 6.07) is 4.28. The molecular formula is C21H16Cl2F6N2O3. The van der Waals surface area contributed by atoms with Gasteiger partial charge in [-0.2, -0.15) is 26.3 Å². The molecule has 184 valence electrons. The van der Waals surface area contributed by atoms with Gasteiger partial charge in [-0.1, -0.05) is 29.3 Å². The molecule has 0 saturated carbocycles. The van der Waals surface area contributed by atoms with Crippen molar-refractivity contribution in [3.05, 3.63) is 68.7 Å². The zero-order valence-corrected chi connectivity index (χ0v) is 18.5. The Hall–Kier alpha value is -2.66. The Balaban J connectivity index is 1.95. The average Bonchev–Trinajstić information content (AvgIpc) is 2.74. The third-order valence-electron chi connectivity index (χ3n) is 5.42. The Morgan fingerprint density at radius 3 is 2.03 bits per heavy atom. The Morgan fingerprint density at radius 1 is 0.941 bits per heavy atom. The summed E-state index contributed by atoms with van der Waals surface area (Å²) < 4.78 is 78.9. The van der Waals surface area contributed by atoms with Gasteiger partial charge >= 0.3 is 18.4 Å². The first-order valence-corrected chi connectivity index (χ1v) is 10.5. The first kappa shape index (κ1) is 26.0. The standard InChI is InChI=1S/C21H16Cl2F6N2O3/c22-15-2-1-10(7-16(15)23)14-9-31(19(33)34)4-3-17(14)30-18(32)11-5-12(20(24,25)26)8-13(6-11)21(27,28)29/h1-2,5-8,14,17H,3-4,9H2,(H,30,32)(H,33,34)/t14-,17+/m1/s1. The highest BCUT2D eigenvalue weighted by Gasteiger charge is 2.38. The molecule has 1 aliphatic heterocycles. The lowest BCUT2D eigenvalue weighted by Gasteiger charge is -2.38. The molecule has 3 rings (SSSR count). The molecule has 0 spiro atoms. The third kappa shape index (κ3) is 5.87. The van der Waals surface area contributed by atoms with E-state index in [2.05, 4.69) is 5.32 Å². The number of likely N-dealkylation sites (tertiary alicyclic amines) is 1. The molecule has 0 unspecified atom stereocenters. The second-order valence-electron chi connectivity index (χ2n) is 7.67. The van der Waals surface area contributed by atoms with Gasteiger partial charge < -0.3 is 15.3 Å². The molecule has 1 fully saturated rings. The van der Waals surface area contributed by atoms with Crippen LogP contribution < -0.4 is 5.32 Å². The van der Waals surface area contributed by atoms with E-state index in [-0.39, 0.29) is 35.6 Å². The summed E-state index contributed by atoms with van der Waals surface area (Å²) in [5.74, 6) is -1.84. The topological polar surface area (TPSA) is 69.6 Å². The second kappa shape index (κ2) is 9.53. The fourth-order valence-electron chi connectivity index (χ4n) is 3.72. The number of carboxylic acid groups (broad SMARTS) is 1. The van der Waals surface area contributed by atoms with Gasteiger partial charge in [-0.3, -0.25) is 4.79 Å². The van der Waals surface area contributed by atoms with Gasteiger partial charge in [0, 0.05) is 30.6 Å². The van der Waals surface area contributed by atoms with Crippen molar-refractivity contribution in [2.24, 2.45) is 0 Å². The SMILES string of the molecule is O=C(N[C@H]1CCN(C(=O)O)C[C@@H]1c1ccc(Cl)c(Cl)c1)c1cc(C(F)(F)F)cc(C(F)(F)F)c1. The first-order chi connectivity index (χ1) is 15.7. The van der Waals surface area contributed by atoms with Crippen LogP contribution in [0.1, 0.15) is 39.4 Å². The predicted octanol–water partition coefficient (Wildman–Crippen LogP) is 6.30. The Kier molecular flexibility index (Phi) is 7.28. The van der Waals surface area contributed by atoms with E-state index < -0.39 is 53.0 Å². The summed E-state index contributed by atoms with van der Waals surface area (Å²) in [6.07, 6.45) is -11.4. The number of benzene rings is 2. The van der Waals surface area contributed by atoms with E-state index in [1.165, 1.54) is 12.1 Å². The van der Waals surface area contributed by atoms with Crippen LogP contribution >= 0.6 is 23.2 Å². The summed E-state index contributed by atoms with van der Waals surface area (Å²) in [6.45, 7) is -0.0941. The van der Waals surface area contributed by atoms with E-state index in [9.17, 15) is 41.0 Å². The molecule has 0 aliphatic carbocycles. The van der Waals surface area contributed by atoms with Crippen LogP contribution in [0.15, 0.2) is 36.4 Å². The van der Waals surface area contributed by atoms with Gasteiger partial charge in [0.05, 0.1) is 21.2 Å². The van der Waals surface area contributed by atoms with Crippen molar-refractivity contribution < 1.29 is 41.0 Å². The lowest BCUT2D eigenvalue weighted by atomic mass is 9.85. The normalized spacial score (nSPS) is 19.1. The Morgan fingerprint density at radius 2 is 1.53 bits per heavy atom. The van der Waals surface area contributed by atoms with Crippen LogP contribution in [0, 0.1) is 0 Å². The van der Waals surface area contributed by atoms with Gasteiger partial charge in [-0.05, 0) is 42.3 Å². The molecule has 34 heavy (non-hydrogen) atoms. The van der Waals surface area contributed by atoms with E-state index in [0.29, 0.717) is 17.7 Å². The minimum Gasteiger partial charge on any atom is -0.465 e. The lowest BCUT2D eigenvalue weighted by Crippen LogP contribution is -2.51. The molecule has 2 aromatic carbocycles. The van der Waals surface area contributed by atoms with Gasteiger partial charge in [0.1, 0.15) is 0 Å². The smallest absolute Gasteiger partial charge is 0.416 e. The van der Waals surface area contributed by atoms with Crippen LogP contribution in [0.5, 0.6) is 0 Å². The number of nitrogens with zero attached hydrogens (tertiary/aromatic N) is 1. The van der Waals surface area contributed by atoms with Gasteiger partial charge in [-0.25, -0.2) is 4.79 Å². The van der Waals surface area contributed by atoms with Gasteiger partial charge in [-0.15, -0.1) is 0 Å². The number of carbonyl (C=O) groups excluding carboxylic acids is 1. The molecule has 0 bridgehead atoms. The highest BCUT2D eigenvalue weighted by Crippen LogP contribution is 2.37. The van der Waals surface area contributed by atoms with Crippen molar-refractivity contribution >= 4 is 35.2 Å². The maximum atomic E-state index is 13.1. The minimum atomic E-state index is -5.11. The summed E-state index contributed by atoms with van der Waals surface area (Å²) in [5.41, 5.74) is -3.57. The van der Waals surface area contributed by atoms with E-state index in [1.807, 2.05) is 0 Å². The zero-order valence-electron chi connectivity index (χ0n) is 17.0. The van der Waals surface area contributed by atoms with Gasteiger partial charge in [0.2, 0.25) is 0 Å². The zero-order chi connectivity index (χ0) is 25.4. The number of carbonyl (C=O) groups is 2. The predicted molar refractivity (Wildman–Crippen MR) is 111 cm³/mol. The van der Waals surface area contributed by atoms with Crippen LogP contribution in [0.3, 0.4) is 0 Å². The molecule has 0 radical (unpaired) electrons. The van der Waals surface area contributed by atoms with Gasteiger partial charge in [0.25, 0.3) is 5.91 Å². The van der Waals surface area contributed by atoms with Crippen molar-refractivity contribution in [1.82, 2.24) is 10.2 Å². The van der Waals surface area contributed by atoms with E-state index in [4.69, 9.17) is 23.2 Å². The molecule has 1 aliphatic rings. The van der Waals surface area contributed by atoms with Crippen LogP contribution in [-0.2, 0) is 12.4 Å². The summed E-state index contributed by atoms with van der Waals surface area (Å²) >= 11 is 12.0. The van der Waals surface area contributed by atoms with Crippen LogP contribution in [-0.4, -0.2) is 41.1 Å². The molecule has 13 heteroatoms. The number of amides is 2. The van der Waals surface area contributed by atoms with Crippen LogP contribution in [0.4, 0.5) is 31.1 Å². The molecule has 5 nitrogen and oxygen atoms in total. The van der Waals surface area contributed by atoms with E-state index in [0.717, 1.165) is 4.90 Å². The number of nitrogens with one attached hydrogen (secondary N) is 1. The van der Waals surface area contributed by atoms with E-state index in [1.54, 1.807) is 6.07 Å². The monoisotopic (exact) mass is 528 g/mol. The maximum absolute atomic E-state index is 13.1. The number of hydrogen-bond acceptors (Lipinski definition) is 2. The first-order valence-electron chi connectivity index (χ1n) is 9.70. The number of alkyl halides is 6. The Labute approximate surface area is 199 Å². The third-order valence-corrected chi connectivity index (χ3v) is 6.16. The number of hydrogen-bond donors (Lipinski definition) is 2. The molecule has 0 aromatic heterocycles. The van der Waals surface area contributed by atoms with Crippen molar-refractivity contribution in [1.29, 1.82) is 0 Å². The van der Waals surface area contributed by atoms with Crippen molar-refractivity contribution in [2.75, 3.05) is 13.1 Å². The van der Waals surface area contributed by atoms with Crippen molar-refractivity contribution in [3.8, 4) is 0 Å². The molecule has 1 heterocycles.